The lowest BCUT2D eigenvalue weighted by Gasteiger charge is -2.03. The molecule has 122 valence electrons. The van der Waals surface area contributed by atoms with Gasteiger partial charge in [0.25, 0.3) is 0 Å². The summed E-state index contributed by atoms with van der Waals surface area (Å²) in [6.45, 7) is 0.519. The van der Waals surface area contributed by atoms with E-state index in [4.69, 9.17) is 10.2 Å². The van der Waals surface area contributed by atoms with E-state index in [1.165, 1.54) is 0 Å². The zero-order valence-corrected chi connectivity index (χ0v) is 15.9. The Labute approximate surface area is 142 Å². The van der Waals surface area contributed by atoms with Crippen LogP contribution >= 0.6 is 47.0 Å². The Morgan fingerprint density at radius 1 is 0.600 bits per heavy atom. The normalized spacial score (nSPS) is 11.3. The molecule has 0 aliphatic rings. The molecule has 0 aromatic heterocycles. The molecule has 8 heteroatoms. The van der Waals surface area contributed by atoms with Crippen LogP contribution < -0.4 is 0 Å². The van der Waals surface area contributed by atoms with Crippen molar-refractivity contribution in [2.45, 2.75) is 0 Å². The van der Waals surface area contributed by atoms with E-state index < -0.39 is 10.8 Å². The number of hydrogen-bond donors (Lipinski definition) is 2. The lowest BCUT2D eigenvalue weighted by atomic mass is 10.9. The molecule has 3 nitrogen and oxygen atoms in total. The van der Waals surface area contributed by atoms with Gasteiger partial charge in [0.05, 0.1) is 13.2 Å². The largest absolute Gasteiger partial charge is 0.396 e. The van der Waals surface area contributed by atoms with E-state index in [0.29, 0.717) is 0 Å². The van der Waals surface area contributed by atoms with E-state index in [1.807, 2.05) is 23.5 Å². The van der Waals surface area contributed by atoms with E-state index in [0.717, 1.165) is 57.5 Å². The van der Waals surface area contributed by atoms with Crippen LogP contribution in [0.25, 0.3) is 0 Å². The minimum absolute atomic E-state index is 0.259. The van der Waals surface area contributed by atoms with Crippen LogP contribution in [0.2, 0.25) is 0 Å². The van der Waals surface area contributed by atoms with Crippen molar-refractivity contribution in [2.75, 3.05) is 70.7 Å². The molecule has 0 bridgehead atoms. The maximum Gasteiger partial charge on any atom is 0.0521 e. The summed E-state index contributed by atoms with van der Waals surface area (Å²) in [5.41, 5.74) is 0. The molecule has 0 fully saturated rings. The number of aliphatic hydroxyl groups excluding tert-OH is 2. The number of aliphatic hydroxyl groups is 2. The summed E-state index contributed by atoms with van der Waals surface area (Å²) < 4.78 is 11.7. The molecule has 0 aromatic rings. The van der Waals surface area contributed by atoms with E-state index in [9.17, 15) is 4.21 Å². The highest BCUT2D eigenvalue weighted by Gasteiger charge is 2.00. The molecule has 0 aliphatic carbocycles. The summed E-state index contributed by atoms with van der Waals surface area (Å²) in [7, 11) is -0.673. The highest BCUT2D eigenvalue weighted by molar-refractivity contribution is 8.04. The molecule has 0 radical (unpaired) electrons. The predicted molar refractivity (Wildman–Crippen MR) is 101 cm³/mol. The highest BCUT2D eigenvalue weighted by Crippen LogP contribution is 2.09. The minimum atomic E-state index is -0.673. The predicted octanol–water partition coefficient (Wildman–Crippen LogP) is 1.65. The van der Waals surface area contributed by atoms with Gasteiger partial charge < -0.3 is 10.2 Å². The van der Waals surface area contributed by atoms with Crippen molar-refractivity contribution in [1.82, 2.24) is 0 Å². The standard InChI is InChI=1S/C12H26O3S5/c13-1-3-16-5-7-18-9-11-20(15)12-10-19-8-6-17-4-2-14/h13-14H,1-12H2. The Morgan fingerprint density at radius 3 is 1.30 bits per heavy atom. The summed E-state index contributed by atoms with van der Waals surface area (Å²) in [6.07, 6.45) is 0. The maximum atomic E-state index is 11.7. The summed E-state index contributed by atoms with van der Waals surface area (Å²) in [6, 6.07) is 0. The van der Waals surface area contributed by atoms with Crippen LogP contribution in [-0.2, 0) is 10.8 Å². The number of rotatable bonds is 16. The maximum absolute atomic E-state index is 11.7. The lowest BCUT2D eigenvalue weighted by Crippen LogP contribution is -2.08. The third-order valence-electron chi connectivity index (χ3n) is 2.13. The van der Waals surface area contributed by atoms with E-state index in [-0.39, 0.29) is 13.2 Å². The van der Waals surface area contributed by atoms with E-state index >= 15 is 0 Å². The molecule has 0 aliphatic heterocycles. The molecule has 2 N–H and O–H groups in total. The van der Waals surface area contributed by atoms with Gasteiger partial charge in [0.2, 0.25) is 0 Å². The van der Waals surface area contributed by atoms with Crippen molar-refractivity contribution >= 4 is 57.8 Å². The second kappa shape index (κ2) is 18.5. The van der Waals surface area contributed by atoms with Crippen LogP contribution in [0.5, 0.6) is 0 Å². The fourth-order valence-electron chi connectivity index (χ4n) is 1.18. The molecule has 0 unspecified atom stereocenters. The summed E-state index contributed by atoms with van der Waals surface area (Å²) in [5, 5.41) is 17.2. The summed E-state index contributed by atoms with van der Waals surface area (Å²) in [4.78, 5) is 0. The molecular formula is C12H26O3S5. The van der Waals surface area contributed by atoms with Crippen LogP contribution in [0.3, 0.4) is 0 Å². The first-order chi connectivity index (χ1) is 9.81. The summed E-state index contributed by atoms with van der Waals surface area (Å²) >= 11 is 7.25. The Hall–Kier alpha value is 1.47. The van der Waals surface area contributed by atoms with Crippen molar-refractivity contribution in [2.24, 2.45) is 0 Å². The first-order valence-corrected chi connectivity index (χ1v) is 12.8. The highest BCUT2D eigenvalue weighted by atomic mass is 32.2. The zero-order chi connectivity index (χ0) is 14.9. The second-order valence-electron chi connectivity index (χ2n) is 3.74. The van der Waals surface area contributed by atoms with Crippen molar-refractivity contribution in [3.05, 3.63) is 0 Å². The molecule has 20 heavy (non-hydrogen) atoms. The first-order valence-electron chi connectivity index (χ1n) is 6.69. The molecule has 0 amide bonds. The molecule has 0 aromatic carbocycles. The number of thioether (sulfide) groups is 4. The van der Waals surface area contributed by atoms with E-state index in [2.05, 4.69) is 0 Å². The van der Waals surface area contributed by atoms with Gasteiger partial charge in [0.15, 0.2) is 0 Å². The third-order valence-corrected chi connectivity index (χ3v) is 8.38. The fourth-order valence-corrected chi connectivity index (χ4v) is 6.77. The Balaban J connectivity index is 3.13. The Kier molecular flexibility index (Phi) is 19.9. The van der Waals surface area contributed by atoms with Gasteiger partial charge in [-0.05, 0) is 0 Å². The van der Waals surface area contributed by atoms with Crippen molar-refractivity contribution in [1.29, 1.82) is 0 Å². The molecule has 0 atom stereocenters. The Bertz CT molecular complexity index is 199. The quantitative estimate of drug-likeness (QED) is 0.396. The average Bonchev–Trinajstić information content (AvgIpc) is 2.45. The molecular weight excluding hydrogens is 352 g/mol. The molecule has 0 spiro atoms. The van der Waals surface area contributed by atoms with E-state index in [1.54, 1.807) is 23.5 Å². The smallest absolute Gasteiger partial charge is 0.0521 e. The monoisotopic (exact) mass is 378 g/mol. The van der Waals surface area contributed by atoms with Crippen LogP contribution in [0, 0.1) is 0 Å². The topological polar surface area (TPSA) is 57.5 Å². The van der Waals surface area contributed by atoms with Gasteiger partial charge in [-0.25, -0.2) is 0 Å². The first kappa shape index (κ1) is 21.5. The van der Waals surface area contributed by atoms with Crippen molar-refractivity contribution in [3.8, 4) is 0 Å². The van der Waals surface area contributed by atoms with Crippen LogP contribution in [-0.4, -0.2) is 85.2 Å². The molecule has 0 saturated heterocycles. The Morgan fingerprint density at radius 2 is 0.950 bits per heavy atom. The minimum Gasteiger partial charge on any atom is -0.396 e. The van der Waals surface area contributed by atoms with Gasteiger partial charge >= 0.3 is 0 Å². The van der Waals surface area contributed by atoms with Crippen LogP contribution in [0.4, 0.5) is 0 Å². The number of hydrogen-bond acceptors (Lipinski definition) is 7. The van der Waals surface area contributed by atoms with Gasteiger partial charge in [0.1, 0.15) is 0 Å². The second-order valence-corrected chi connectivity index (χ2v) is 10.3. The van der Waals surface area contributed by atoms with Crippen molar-refractivity contribution in [3.63, 3.8) is 0 Å². The lowest BCUT2D eigenvalue weighted by molar-refractivity contribution is 0.322. The van der Waals surface area contributed by atoms with Gasteiger partial charge in [-0.3, -0.25) is 4.21 Å². The fraction of sp³-hybridized carbons (Fsp3) is 1.00. The third kappa shape index (κ3) is 17.5. The average molecular weight is 379 g/mol. The van der Waals surface area contributed by atoms with Crippen molar-refractivity contribution < 1.29 is 14.4 Å². The molecule has 0 heterocycles. The molecule has 0 saturated carbocycles. The van der Waals surface area contributed by atoms with Gasteiger partial charge in [0, 0.05) is 68.3 Å². The summed E-state index contributed by atoms with van der Waals surface area (Å²) in [5.74, 6) is 9.49. The van der Waals surface area contributed by atoms with Gasteiger partial charge in [-0.2, -0.15) is 47.0 Å². The van der Waals surface area contributed by atoms with Gasteiger partial charge in [-0.1, -0.05) is 0 Å². The zero-order valence-electron chi connectivity index (χ0n) is 11.8. The molecule has 0 rings (SSSR count). The van der Waals surface area contributed by atoms with Gasteiger partial charge in [-0.15, -0.1) is 0 Å². The van der Waals surface area contributed by atoms with Crippen LogP contribution in [0.1, 0.15) is 0 Å². The van der Waals surface area contributed by atoms with Crippen LogP contribution in [0.15, 0.2) is 0 Å². The SMILES string of the molecule is O=S(CCSCCSCCO)CCSCCSCCO.